The predicted octanol–water partition coefficient (Wildman–Crippen LogP) is 1.92. The van der Waals surface area contributed by atoms with Gasteiger partial charge < -0.3 is 0 Å². The molecular weight excluding hydrogens is 248 g/mol. The van der Waals surface area contributed by atoms with Crippen LogP contribution in [0.15, 0.2) is 29.2 Å². The van der Waals surface area contributed by atoms with Crippen molar-refractivity contribution in [3.63, 3.8) is 0 Å². The Morgan fingerprint density at radius 1 is 1.25 bits per heavy atom. The van der Waals surface area contributed by atoms with Gasteiger partial charge in [-0.2, -0.15) is 10.5 Å². The molecule has 1 unspecified atom stereocenters. The van der Waals surface area contributed by atoms with E-state index in [1.54, 1.807) is 12.1 Å². The third-order valence-electron chi connectivity index (χ3n) is 1.94. The Morgan fingerprint density at radius 3 is 2.25 bits per heavy atom. The highest BCUT2D eigenvalue weighted by Gasteiger charge is 2.26. The molecule has 4 nitrogen and oxygen atoms in total. The first kappa shape index (κ1) is 12.5. The number of hydrogen-bond donors (Lipinski definition) is 0. The molecule has 0 N–H and O–H groups in total. The summed E-state index contributed by atoms with van der Waals surface area (Å²) in [5.74, 6) is 0. The van der Waals surface area contributed by atoms with Crippen molar-refractivity contribution in [3.05, 3.63) is 29.3 Å². The van der Waals surface area contributed by atoms with E-state index < -0.39 is 15.1 Å². The number of benzene rings is 1. The van der Waals surface area contributed by atoms with Gasteiger partial charge in [0, 0.05) is 5.02 Å². The highest BCUT2D eigenvalue weighted by atomic mass is 35.5. The van der Waals surface area contributed by atoms with Gasteiger partial charge >= 0.3 is 0 Å². The van der Waals surface area contributed by atoms with Gasteiger partial charge in [-0.05, 0) is 24.3 Å². The number of rotatable bonds is 3. The fraction of sp³-hybridized carbons (Fsp3) is 0.200. The summed E-state index contributed by atoms with van der Waals surface area (Å²) in [4.78, 5) is -0.00120. The minimum absolute atomic E-state index is 0.00120. The van der Waals surface area contributed by atoms with Crippen molar-refractivity contribution >= 4 is 21.4 Å². The Bertz CT molecular complexity index is 552. The molecule has 16 heavy (non-hydrogen) atoms. The zero-order chi connectivity index (χ0) is 12.2. The zero-order valence-electron chi connectivity index (χ0n) is 8.09. The molecule has 0 saturated carbocycles. The number of hydrogen-bond acceptors (Lipinski definition) is 4. The van der Waals surface area contributed by atoms with Crippen molar-refractivity contribution in [1.82, 2.24) is 0 Å². The molecule has 1 atom stereocenters. The van der Waals surface area contributed by atoms with Crippen molar-refractivity contribution in [2.45, 2.75) is 16.6 Å². The number of nitriles is 2. The van der Waals surface area contributed by atoms with Gasteiger partial charge in [-0.15, -0.1) is 0 Å². The summed E-state index contributed by atoms with van der Waals surface area (Å²) in [6.45, 7) is 0. The average molecular weight is 255 g/mol. The molecule has 1 aromatic rings. The van der Waals surface area contributed by atoms with E-state index in [1.165, 1.54) is 24.3 Å². The highest BCUT2D eigenvalue weighted by molar-refractivity contribution is 7.92. The van der Waals surface area contributed by atoms with Gasteiger partial charge in [0.1, 0.15) is 0 Å². The van der Waals surface area contributed by atoms with Crippen LogP contribution < -0.4 is 0 Å². The van der Waals surface area contributed by atoms with Crippen LogP contribution in [0.25, 0.3) is 0 Å². The van der Waals surface area contributed by atoms with Gasteiger partial charge in [-0.1, -0.05) is 11.6 Å². The molecule has 0 fully saturated rings. The van der Waals surface area contributed by atoms with E-state index in [4.69, 9.17) is 22.1 Å². The molecule has 0 amide bonds. The van der Waals surface area contributed by atoms with E-state index in [9.17, 15) is 8.42 Å². The Balaban J connectivity index is 3.17. The van der Waals surface area contributed by atoms with E-state index in [-0.39, 0.29) is 11.3 Å². The van der Waals surface area contributed by atoms with Crippen LogP contribution in [0.3, 0.4) is 0 Å². The fourth-order valence-electron chi connectivity index (χ4n) is 1.10. The number of nitrogens with zero attached hydrogens (tertiary/aromatic N) is 2. The normalized spacial score (nSPS) is 12.4. The SMILES string of the molecule is N#CCC(C#N)S(=O)(=O)c1ccc(Cl)cc1. The van der Waals surface area contributed by atoms with Crippen molar-refractivity contribution in [2.24, 2.45) is 0 Å². The lowest BCUT2D eigenvalue weighted by Crippen LogP contribution is -2.19. The third-order valence-corrected chi connectivity index (χ3v) is 4.14. The van der Waals surface area contributed by atoms with E-state index >= 15 is 0 Å². The first-order valence-corrected chi connectivity index (χ1v) is 6.21. The van der Waals surface area contributed by atoms with Gasteiger partial charge in [-0.25, -0.2) is 8.42 Å². The van der Waals surface area contributed by atoms with Crippen molar-refractivity contribution in [1.29, 1.82) is 10.5 Å². The van der Waals surface area contributed by atoms with Crippen LogP contribution in [0.4, 0.5) is 0 Å². The second-order valence-corrected chi connectivity index (χ2v) is 5.55. The number of halogens is 1. The molecule has 0 aromatic heterocycles. The Kier molecular flexibility index (Phi) is 3.89. The molecule has 0 bridgehead atoms. The molecular formula is C10H7ClN2O2S. The summed E-state index contributed by atoms with van der Waals surface area (Å²) in [6.07, 6.45) is -0.346. The summed E-state index contributed by atoms with van der Waals surface area (Å²) >= 11 is 5.62. The smallest absolute Gasteiger partial charge is 0.195 e. The standard InChI is InChI=1S/C10H7ClN2O2S/c11-8-1-3-9(4-2-8)16(14,15)10(7-13)5-6-12/h1-4,10H,5H2. The van der Waals surface area contributed by atoms with Crippen molar-refractivity contribution < 1.29 is 8.42 Å². The lowest BCUT2D eigenvalue weighted by Gasteiger charge is -2.07. The van der Waals surface area contributed by atoms with Crippen molar-refractivity contribution in [2.75, 3.05) is 0 Å². The molecule has 0 spiro atoms. The average Bonchev–Trinajstić information content (AvgIpc) is 2.26. The van der Waals surface area contributed by atoms with E-state index in [1.807, 2.05) is 0 Å². The minimum atomic E-state index is -3.77. The van der Waals surface area contributed by atoms with E-state index in [0.717, 1.165) is 0 Å². The molecule has 1 rings (SSSR count). The lowest BCUT2D eigenvalue weighted by molar-refractivity contribution is 0.589. The molecule has 0 aliphatic carbocycles. The quantitative estimate of drug-likeness (QED) is 0.825. The van der Waals surface area contributed by atoms with Crippen molar-refractivity contribution in [3.8, 4) is 12.1 Å². The van der Waals surface area contributed by atoms with Gasteiger partial charge in [0.2, 0.25) is 0 Å². The van der Waals surface area contributed by atoms with Crippen LogP contribution in [0.2, 0.25) is 5.02 Å². The topological polar surface area (TPSA) is 81.7 Å². The van der Waals surface area contributed by atoms with Gasteiger partial charge in [-0.3, -0.25) is 0 Å². The Labute approximate surface area is 98.6 Å². The second kappa shape index (κ2) is 4.98. The molecule has 1 aromatic carbocycles. The summed E-state index contributed by atoms with van der Waals surface area (Å²) in [7, 11) is -3.77. The summed E-state index contributed by atoms with van der Waals surface area (Å²) < 4.78 is 23.7. The van der Waals surface area contributed by atoms with Crippen LogP contribution in [0, 0.1) is 22.7 Å². The molecule has 0 radical (unpaired) electrons. The van der Waals surface area contributed by atoms with Crippen LogP contribution in [0.5, 0.6) is 0 Å². The fourth-order valence-corrected chi connectivity index (χ4v) is 2.50. The van der Waals surface area contributed by atoms with Gasteiger partial charge in [0.05, 0.1) is 23.5 Å². The maximum atomic E-state index is 11.8. The monoisotopic (exact) mass is 254 g/mol. The summed E-state index contributed by atoms with van der Waals surface area (Å²) in [6, 6.07) is 8.78. The van der Waals surface area contributed by atoms with Crippen LogP contribution in [-0.2, 0) is 9.84 Å². The summed E-state index contributed by atoms with van der Waals surface area (Å²) in [5, 5.41) is 16.2. The highest BCUT2D eigenvalue weighted by Crippen LogP contribution is 2.19. The maximum Gasteiger partial charge on any atom is 0.195 e. The molecule has 0 aliphatic rings. The minimum Gasteiger partial charge on any atom is -0.222 e. The molecule has 0 saturated heterocycles. The maximum absolute atomic E-state index is 11.8. The third kappa shape index (κ3) is 2.52. The lowest BCUT2D eigenvalue weighted by atomic mass is 10.3. The second-order valence-electron chi connectivity index (χ2n) is 2.98. The predicted molar refractivity (Wildman–Crippen MR) is 58.3 cm³/mol. The van der Waals surface area contributed by atoms with E-state index in [2.05, 4.69) is 0 Å². The van der Waals surface area contributed by atoms with Gasteiger partial charge in [0.15, 0.2) is 15.1 Å². The van der Waals surface area contributed by atoms with Crippen LogP contribution in [0.1, 0.15) is 6.42 Å². The Morgan fingerprint density at radius 2 is 1.81 bits per heavy atom. The molecule has 0 heterocycles. The molecule has 0 aliphatic heterocycles. The van der Waals surface area contributed by atoms with Crippen LogP contribution >= 0.6 is 11.6 Å². The zero-order valence-corrected chi connectivity index (χ0v) is 9.66. The molecule has 82 valence electrons. The van der Waals surface area contributed by atoms with Crippen LogP contribution in [-0.4, -0.2) is 13.7 Å². The molecule has 6 heteroatoms. The Hall–Kier alpha value is -1.56. The van der Waals surface area contributed by atoms with Gasteiger partial charge in [0.25, 0.3) is 0 Å². The first-order valence-electron chi connectivity index (χ1n) is 4.28. The largest absolute Gasteiger partial charge is 0.222 e. The van der Waals surface area contributed by atoms with E-state index in [0.29, 0.717) is 5.02 Å². The number of sulfone groups is 1. The summed E-state index contributed by atoms with van der Waals surface area (Å²) in [5.41, 5.74) is 0. The first-order chi connectivity index (χ1) is 7.52.